The van der Waals surface area contributed by atoms with Crippen LogP contribution in [0.25, 0.3) is 0 Å². The Morgan fingerprint density at radius 2 is 2.00 bits per heavy atom. The molecule has 0 heterocycles. The van der Waals surface area contributed by atoms with E-state index in [4.69, 9.17) is 10.5 Å². The van der Waals surface area contributed by atoms with Crippen molar-refractivity contribution >= 4 is 0 Å². The molecule has 0 saturated carbocycles. The van der Waals surface area contributed by atoms with Crippen LogP contribution in [0.3, 0.4) is 0 Å². The second-order valence-corrected chi connectivity index (χ2v) is 4.98. The number of hydrogen-bond acceptors (Lipinski definition) is 2. The third-order valence-electron chi connectivity index (χ3n) is 3.33. The van der Waals surface area contributed by atoms with Gasteiger partial charge in [0, 0.05) is 12.6 Å². The molecule has 0 aromatic heterocycles. The van der Waals surface area contributed by atoms with E-state index in [0.717, 1.165) is 18.4 Å². The molecule has 19 heavy (non-hydrogen) atoms. The average molecular weight is 267 g/mol. The van der Waals surface area contributed by atoms with Gasteiger partial charge >= 0.3 is 0 Å². The molecule has 108 valence electrons. The van der Waals surface area contributed by atoms with Gasteiger partial charge < -0.3 is 10.5 Å². The Morgan fingerprint density at radius 1 is 1.21 bits per heavy atom. The third kappa shape index (κ3) is 5.70. The number of nitrogens with two attached hydrogens (primary N) is 1. The minimum atomic E-state index is -0.236. The highest BCUT2D eigenvalue weighted by Crippen LogP contribution is 2.23. The standard InChI is InChI=1S/C16H26FNO/c1-3-5-6-7-11-19-16(15(18)4-2)13-9-8-10-14(17)12-13/h8-10,12,15-16H,3-7,11,18H2,1-2H3. The zero-order chi connectivity index (χ0) is 14.1. The lowest BCUT2D eigenvalue weighted by atomic mass is 10.0. The number of halogens is 1. The summed E-state index contributed by atoms with van der Waals surface area (Å²) in [5.41, 5.74) is 6.93. The van der Waals surface area contributed by atoms with Crippen molar-refractivity contribution in [1.29, 1.82) is 0 Å². The van der Waals surface area contributed by atoms with Crippen molar-refractivity contribution in [2.75, 3.05) is 6.61 Å². The first kappa shape index (κ1) is 16.1. The van der Waals surface area contributed by atoms with Crippen molar-refractivity contribution in [2.24, 2.45) is 5.73 Å². The first-order valence-electron chi connectivity index (χ1n) is 7.31. The molecule has 0 radical (unpaired) electrons. The smallest absolute Gasteiger partial charge is 0.123 e. The van der Waals surface area contributed by atoms with Gasteiger partial charge in [-0.3, -0.25) is 0 Å². The summed E-state index contributed by atoms with van der Waals surface area (Å²) < 4.78 is 19.2. The summed E-state index contributed by atoms with van der Waals surface area (Å²) >= 11 is 0. The van der Waals surface area contributed by atoms with E-state index in [0.29, 0.717) is 6.61 Å². The molecule has 0 aliphatic carbocycles. The highest BCUT2D eigenvalue weighted by molar-refractivity contribution is 5.20. The molecule has 0 aliphatic heterocycles. The summed E-state index contributed by atoms with van der Waals surface area (Å²) in [5.74, 6) is -0.236. The van der Waals surface area contributed by atoms with Crippen LogP contribution in [0.4, 0.5) is 4.39 Å². The van der Waals surface area contributed by atoms with Crippen LogP contribution >= 0.6 is 0 Å². The predicted octanol–water partition coefficient (Wildman–Crippen LogP) is 4.20. The van der Waals surface area contributed by atoms with Gasteiger partial charge in [-0.15, -0.1) is 0 Å². The van der Waals surface area contributed by atoms with Crippen LogP contribution in [0.2, 0.25) is 0 Å². The van der Waals surface area contributed by atoms with Gasteiger partial charge in [0.2, 0.25) is 0 Å². The lowest BCUT2D eigenvalue weighted by Crippen LogP contribution is -2.30. The molecular weight excluding hydrogens is 241 g/mol. The molecule has 0 saturated heterocycles. The minimum Gasteiger partial charge on any atom is -0.372 e. The van der Waals surface area contributed by atoms with E-state index in [1.54, 1.807) is 6.07 Å². The Bertz CT molecular complexity index is 356. The van der Waals surface area contributed by atoms with E-state index in [1.165, 1.54) is 31.4 Å². The number of benzene rings is 1. The molecule has 1 aromatic carbocycles. The SMILES string of the molecule is CCCCCCOC(c1cccc(F)c1)C(N)CC. The topological polar surface area (TPSA) is 35.2 Å². The summed E-state index contributed by atoms with van der Waals surface area (Å²) in [7, 11) is 0. The molecule has 0 aliphatic rings. The molecular formula is C16H26FNO. The van der Waals surface area contributed by atoms with Crippen molar-refractivity contribution in [1.82, 2.24) is 0 Å². The molecule has 0 spiro atoms. The van der Waals surface area contributed by atoms with Gasteiger partial charge in [-0.25, -0.2) is 4.39 Å². The van der Waals surface area contributed by atoms with Crippen molar-refractivity contribution in [3.8, 4) is 0 Å². The van der Waals surface area contributed by atoms with Crippen LogP contribution in [0.1, 0.15) is 57.6 Å². The van der Waals surface area contributed by atoms with Crippen LogP contribution < -0.4 is 5.73 Å². The maximum atomic E-state index is 13.3. The molecule has 3 heteroatoms. The number of rotatable bonds is 9. The molecule has 2 N–H and O–H groups in total. The van der Waals surface area contributed by atoms with E-state index in [2.05, 4.69) is 6.92 Å². The Kier molecular flexibility index (Phi) is 7.68. The Labute approximate surface area is 116 Å². The number of ether oxygens (including phenoxy) is 1. The van der Waals surface area contributed by atoms with Crippen LogP contribution in [0, 0.1) is 5.82 Å². The summed E-state index contributed by atoms with van der Waals surface area (Å²) in [4.78, 5) is 0. The average Bonchev–Trinajstić information content (AvgIpc) is 2.42. The monoisotopic (exact) mass is 267 g/mol. The summed E-state index contributed by atoms with van der Waals surface area (Å²) in [6.07, 6.45) is 5.26. The van der Waals surface area contributed by atoms with E-state index in [1.807, 2.05) is 13.0 Å². The maximum Gasteiger partial charge on any atom is 0.123 e. The Balaban J connectivity index is 2.57. The van der Waals surface area contributed by atoms with E-state index >= 15 is 0 Å². The number of unbranched alkanes of at least 4 members (excludes halogenated alkanes) is 3. The summed E-state index contributed by atoms with van der Waals surface area (Å²) in [6, 6.07) is 6.47. The molecule has 0 bridgehead atoms. The first-order valence-corrected chi connectivity index (χ1v) is 7.31. The van der Waals surface area contributed by atoms with E-state index in [-0.39, 0.29) is 18.0 Å². The maximum absolute atomic E-state index is 13.3. The quantitative estimate of drug-likeness (QED) is 0.680. The second-order valence-electron chi connectivity index (χ2n) is 4.98. The van der Waals surface area contributed by atoms with Crippen LogP contribution in [-0.2, 0) is 4.74 Å². The van der Waals surface area contributed by atoms with Crippen molar-refractivity contribution in [2.45, 2.75) is 58.1 Å². The molecule has 1 aromatic rings. The summed E-state index contributed by atoms with van der Waals surface area (Å²) in [5, 5.41) is 0. The minimum absolute atomic E-state index is 0.0898. The van der Waals surface area contributed by atoms with Gasteiger partial charge in [-0.05, 0) is 30.5 Å². The fourth-order valence-corrected chi connectivity index (χ4v) is 2.10. The predicted molar refractivity (Wildman–Crippen MR) is 77.5 cm³/mol. The van der Waals surface area contributed by atoms with Gasteiger partial charge in [0.15, 0.2) is 0 Å². The summed E-state index contributed by atoms with van der Waals surface area (Å²) in [6.45, 7) is 4.90. The van der Waals surface area contributed by atoms with Crippen molar-refractivity contribution in [3.05, 3.63) is 35.6 Å². The zero-order valence-corrected chi connectivity index (χ0v) is 12.1. The van der Waals surface area contributed by atoms with Gasteiger partial charge in [0.1, 0.15) is 5.82 Å². The van der Waals surface area contributed by atoms with Gasteiger partial charge in [-0.2, -0.15) is 0 Å². The highest BCUT2D eigenvalue weighted by Gasteiger charge is 2.19. The second kappa shape index (κ2) is 9.05. The van der Waals surface area contributed by atoms with Gasteiger partial charge in [0.05, 0.1) is 6.10 Å². The number of hydrogen-bond donors (Lipinski definition) is 1. The fourth-order valence-electron chi connectivity index (χ4n) is 2.10. The van der Waals surface area contributed by atoms with E-state index in [9.17, 15) is 4.39 Å². The van der Waals surface area contributed by atoms with Gasteiger partial charge in [-0.1, -0.05) is 45.2 Å². The molecule has 2 nitrogen and oxygen atoms in total. The Hall–Kier alpha value is -0.930. The highest BCUT2D eigenvalue weighted by atomic mass is 19.1. The molecule has 1 rings (SSSR count). The zero-order valence-electron chi connectivity index (χ0n) is 12.1. The molecule has 2 atom stereocenters. The molecule has 0 fully saturated rings. The lowest BCUT2D eigenvalue weighted by molar-refractivity contribution is 0.0309. The normalized spacial score (nSPS) is 14.3. The van der Waals surface area contributed by atoms with Gasteiger partial charge in [0.25, 0.3) is 0 Å². The first-order chi connectivity index (χ1) is 9.19. The largest absolute Gasteiger partial charge is 0.372 e. The molecule has 0 amide bonds. The lowest BCUT2D eigenvalue weighted by Gasteiger charge is -2.24. The van der Waals surface area contributed by atoms with Crippen LogP contribution in [-0.4, -0.2) is 12.6 Å². The molecule has 2 unspecified atom stereocenters. The Morgan fingerprint density at radius 3 is 2.63 bits per heavy atom. The third-order valence-corrected chi connectivity index (χ3v) is 3.33. The van der Waals surface area contributed by atoms with Crippen LogP contribution in [0.5, 0.6) is 0 Å². The van der Waals surface area contributed by atoms with Crippen LogP contribution in [0.15, 0.2) is 24.3 Å². The van der Waals surface area contributed by atoms with E-state index < -0.39 is 0 Å². The van der Waals surface area contributed by atoms with Crippen molar-refractivity contribution < 1.29 is 9.13 Å². The van der Waals surface area contributed by atoms with Crippen molar-refractivity contribution in [3.63, 3.8) is 0 Å². The fraction of sp³-hybridized carbons (Fsp3) is 0.625.